The molecule has 0 aromatic carbocycles. The number of hydrogen-bond donors (Lipinski definition) is 4. The van der Waals surface area contributed by atoms with Crippen molar-refractivity contribution >= 4 is 17.0 Å². The van der Waals surface area contributed by atoms with Crippen molar-refractivity contribution in [2.24, 2.45) is 0 Å². The molecule has 9 nitrogen and oxygen atoms in total. The molecule has 2 unspecified atom stereocenters. The first kappa shape index (κ1) is 15.5. The number of nitrogen functional groups attached to an aromatic ring is 1. The zero-order chi connectivity index (χ0) is 16.7. The van der Waals surface area contributed by atoms with Crippen LogP contribution in [0.5, 0.6) is 5.88 Å². The number of nitrogens with two attached hydrogens (primary N) is 1. The summed E-state index contributed by atoms with van der Waals surface area (Å²) in [6.45, 7) is -0.434. The van der Waals surface area contributed by atoms with Crippen LogP contribution in [0.3, 0.4) is 0 Å². The smallest absolute Gasteiger partial charge is 0.228 e. The molecule has 0 radical (unpaired) electrons. The summed E-state index contributed by atoms with van der Waals surface area (Å²) < 4.78 is 12.1. The topological polar surface area (TPSA) is 136 Å². The van der Waals surface area contributed by atoms with Gasteiger partial charge in [-0.15, -0.1) is 6.42 Å². The van der Waals surface area contributed by atoms with Crippen LogP contribution >= 0.6 is 0 Å². The number of hydrogen-bond acceptors (Lipinski definition) is 8. The van der Waals surface area contributed by atoms with Gasteiger partial charge >= 0.3 is 0 Å². The standard InChI is InChI=1S/C14H16N4O5/c1-3-6-4-18(13-10(21)9(20)7(5-19)23-13)11-8(6)12(22-2)17-14(15)16-11/h1,4,7,9-10,13,19-21H,5H2,2H3,(H2,15,16,17)/t7-,9?,10?,13-/m1/s1. The number of anilines is 1. The number of fused-ring (bicyclic) bond motifs is 1. The number of methoxy groups -OCH3 is 1. The van der Waals surface area contributed by atoms with Crippen molar-refractivity contribution < 1.29 is 24.8 Å². The molecule has 4 atom stereocenters. The Labute approximate surface area is 131 Å². The van der Waals surface area contributed by atoms with E-state index in [-0.39, 0.29) is 11.8 Å². The van der Waals surface area contributed by atoms with Crippen molar-refractivity contribution in [3.8, 4) is 18.2 Å². The highest BCUT2D eigenvalue weighted by Crippen LogP contribution is 2.35. The summed E-state index contributed by atoms with van der Waals surface area (Å²) >= 11 is 0. The summed E-state index contributed by atoms with van der Waals surface area (Å²) in [4.78, 5) is 8.10. The van der Waals surface area contributed by atoms with Crippen molar-refractivity contribution in [2.75, 3.05) is 19.5 Å². The van der Waals surface area contributed by atoms with E-state index in [2.05, 4.69) is 15.9 Å². The molecule has 0 spiro atoms. The van der Waals surface area contributed by atoms with E-state index in [1.165, 1.54) is 17.9 Å². The third-order valence-electron chi connectivity index (χ3n) is 3.80. The second kappa shape index (κ2) is 5.68. The molecule has 0 saturated carbocycles. The Hall–Kier alpha value is -2.38. The summed E-state index contributed by atoms with van der Waals surface area (Å²) in [6.07, 6.45) is 2.64. The van der Waals surface area contributed by atoms with E-state index in [1.54, 1.807) is 0 Å². The number of terminal acetylenes is 1. The maximum atomic E-state index is 10.2. The predicted molar refractivity (Wildman–Crippen MR) is 79.4 cm³/mol. The molecule has 0 bridgehead atoms. The Morgan fingerprint density at radius 1 is 1.43 bits per heavy atom. The fourth-order valence-corrected chi connectivity index (χ4v) is 2.69. The zero-order valence-corrected chi connectivity index (χ0v) is 12.2. The summed E-state index contributed by atoms with van der Waals surface area (Å²) in [6, 6.07) is 0. The molecule has 3 heterocycles. The van der Waals surface area contributed by atoms with Gasteiger partial charge in [0.2, 0.25) is 11.8 Å². The number of nitrogens with zero attached hydrogens (tertiary/aromatic N) is 3. The Morgan fingerprint density at radius 3 is 2.74 bits per heavy atom. The highest BCUT2D eigenvalue weighted by atomic mass is 16.6. The molecule has 1 fully saturated rings. The molecular formula is C14H16N4O5. The normalized spacial score (nSPS) is 27.3. The van der Waals surface area contributed by atoms with E-state index in [4.69, 9.17) is 21.6 Å². The molecular weight excluding hydrogens is 304 g/mol. The van der Waals surface area contributed by atoms with Crippen LogP contribution in [0.25, 0.3) is 11.0 Å². The monoisotopic (exact) mass is 320 g/mol. The average Bonchev–Trinajstić information content (AvgIpc) is 3.05. The maximum absolute atomic E-state index is 10.2. The van der Waals surface area contributed by atoms with Crippen molar-refractivity contribution in [3.05, 3.63) is 11.8 Å². The Balaban J connectivity index is 2.20. The molecule has 1 aliphatic rings. The van der Waals surface area contributed by atoms with Crippen LogP contribution in [-0.2, 0) is 4.74 Å². The molecule has 3 rings (SSSR count). The predicted octanol–water partition coefficient (Wildman–Crippen LogP) is -1.39. The lowest BCUT2D eigenvalue weighted by atomic mass is 10.1. The summed E-state index contributed by atoms with van der Waals surface area (Å²) in [7, 11) is 1.42. The van der Waals surface area contributed by atoms with E-state index >= 15 is 0 Å². The lowest BCUT2D eigenvalue weighted by Gasteiger charge is -2.17. The first-order valence-electron chi connectivity index (χ1n) is 6.83. The van der Waals surface area contributed by atoms with Crippen LogP contribution < -0.4 is 10.5 Å². The molecule has 2 aromatic heterocycles. The zero-order valence-electron chi connectivity index (χ0n) is 12.2. The van der Waals surface area contributed by atoms with Gasteiger partial charge in [-0.2, -0.15) is 9.97 Å². The highest BCUT2D eigenvalue weighted by Gasteiger charge is 2.44. The SMILES string of the molecule is C#Cc1cn([C@@H]2O[C@H](CO)C(O)C2O)c2nc(N)nc(OC)c12. The molecule has 5 N–H and O–H groups in total. The second-order valence-corrected chi connectivity index (χ2v) is 5.11. The van der Waals surface area contributed by atoms with Gasteiger partial charge < -0.3 is 35.1 Å². The molecule has 9 heteroatoms. The molecule has 0 aliphatic carbocycles. The van der Waals surface area contributed by atoms with Gasteiger partial charge in [-0.05, 0) is 0 Å². The Kier molecular flexibility index (Phi) is 3.83. The third kappa shape index (κ3) is 2.29. The fraction of sp³-hybridized carbons (Fsp3) is 0.429. The lowest BCUT2D eigenvalue weighted by molar-refractivity contribution is -0.0508. The van der Waals surface area contributed by atoms with Gasteiger partial charge in [0.05, 0.1) is 24.7 Å². The lowest BCUT2D eigenvalue weighted by Crippen LogP contribution is -2.33. The van der Waals surface area contributed by atoms with E-state index in [1.807, 2.05) is 0 Å². The first-order valence-corrected chi connectivity index (χ1v) is 6.83. The number of rotatable bonds is 3. The van der Waals surface area contributed by atoms with Crippen LogP contribution in [-0.4, -0.2) is 61.9 Å². The van der Waals surface area contributed by atoms with E-state index in [9.17, 15) is 15.3 Å². The average molecular weight is 320 g/mol. The molecule has 0 amide bonds. The van der Waals surface area contributed by atoms with Gasteiger partial charge in [-0.25, -0.2) is 0 Å². The Morgan fingerprint density at radius 2 is 2.17 bits per heavy atom. The van der Waals surface area contributed by atoms with E-state index in [0.717, 1.165) is 0 Å². The van der Waals surface area contributed by atoms with Crippen LogP contribution in [0.4, 0.5) is 5.95 Å². The van der Waals surface area contributed by atoms with Crippen molar-refractivity contribution in [1.82, 2.24) is 14.5 Å². The number of ether oxygens (including phenoxy) is 2. The van der Waals surface area contributed by atoms with Crippen LogP contribution in [0.1, 0.15) is 11.8 Å². The van der Waals surface area contributed by atoms with Crippen molar-refractivity contribution in [1.29, 1.82) is 0 Å². The Bertz CT molecular complexity index is 784. The van der Waals surface area contributed by atoms with E-state index in [0.29, 0.717) is 16.6 Å². The molecule has 122 valence electrons. The minimum absolute atomic E-state index is 0.0379. The number of aromatic nitrogens is 3. The largest absolute Gasteiger partial charge is 0.480 e. The number of aliphatic hydroxyl groups is 3. The first-order chi connectivity index (χ1) is 11.0. The van der Waals surface area contributed by atoms with Crippen LogP contribution in [0.15, 0.2) is 6.20 Å². The van der Waals surface area contributed by atoms with Crippen LogP contribution in [0.2, 0.25) is 0 Å². The molecule has 2 aromatic rings. The minimum Gasteiger partial charge on any atom is -0.480 e. The third-order valence-corrected chi connectivity index (χ3v) is 3.80. The molecule has 1 aliphatic heterocycles. The minimum atomic E-state index is -1.27. The van der Waals surface area contributed by atoms with Gasteiger partial charge in [0.25, 0.3) is 0 Å². The van der Waals surface area contributed by atoms with Gasteiger partial charge in [0.1, 0.15) is 18.3 Å². The van der Waals surface area contributed by atoms with Crippen LogP contribution in [0, 0.1) is 12.3 Å². The van der Waals surface area contributed by atoms with Gasteiger partial charge in [-0.1, -0.05) is 5.92 Å². The summed E-state index contributed by atoms with van der Waals surface area (Å²) in [5.41, 5.74) is 6.40. The summed E-state index contributed by atoms with van der Waals surface area (Å²) in [5.74, 6) is 2.65. The quantitative estimate of drug-likeness (QED) is 0.508. The maximum Gasteiger partial charge on any atom is 0.228 e. The molecule has 23 heavy (non-hydrogen) atoms. The van der Waals surface area contributed by atoms with Crippen molar-refractivity contribution in [2.45, 2.75) is 24.5 Å². The van der Waals surface area contributed by atoms with E-state index < -0.39 is 31.1 Å². The number of aliphatic hydroxyl groups excluding tert-OH is 3. The van der Waals surface area contributed by atoms with Gasteiger partial charge in [-0.3, -0.25) is 0 Å². The fourth-order valence-electron chi connectivity index (χ4n) is 2.69. The van der Waals surface area contributed by atoms with Gasteiger partial charge in [0, 0.05) is 6.20 Å². The molecule has 1 saturated heterocycles. The summed E-state index contributed by atoms with van der Waals surface area (Å²) in [5, 5.41) is 29.7. The van der Waals surface area contributed by atoms with Gasteiger partial charge in [0.15, 0.2) is 11.9 Å². The highest BCUT2D eigenvalue weighted by molar-refractivity contribution is 5.89. The second-order valence-electron chi connectivity index (χ2n) is 5.11. The van der Waals surface area contributed by atoms with Crippen molar-refractivity contribution in [3.63, 3.8) is 0 Å².